The van der Waals surface area contributed by atoms with Crippen molar-refractivity contribution in [2.75, 3.05) is 6.61 Å². The van der Waals surface area contributed by atoms with Gasteiger partial charge in [0.25, 0.3) is 0 Å². The molecule has 0 atom stereocenters. The first-order valence-electron chi connectivity index (χ1n) is 8.59. The Morgan fingerprint density at radius 3 is 2.29 bits per heavy atom. The Morgan fingerprint density at radius 2 is 1.67 bits per heavy atom. The third-order valence-electron chi connectivity index (χ3n) is 4.75. The summed E-state index contributed by atoms with van der Waals surface area (Å²) in [5.74, 6) is 2.78. The van der Waals surface area contributed by atoms with Gasteiger partial charge < -0.3 is 4.74 Å². The Balaban J connectivity index is 1.64. The predicted octanol–water partition coefficient (Wildman–Crippen LogP) is 6.35. The van der Waals surface area contributed by atoms with Crippen molar-refractivity contribution in [2.45, 2.75) is 63.6 Å². The highest BCUT2D eigenvalue weighted by molar-refractivity contribution is 9.08. The van der Waals surface area contributed by atoms with Gasteiger partial charge in [-0.05, 0) is 42.4 Å². The van der Waals surface area contributed by atoms with E-state index >= 15 is 0 Å². The van der Waals surface area contributed by atoms with E-state index in [1.807, 2.05) is 0 Å². The lowest BCUT2D eigenvalue weighted by atomic mass is 9.80. The van der Waals surface area contributed by atoms with E-state index in [2.05, 4.69) is 47.1 Å². The van der Waals surface area contributed by atoms with Gasteiger partial charge in [0.15, 0.2) is 0 Å². The fraction of sp³-hybridized carbons (Fsp3) is 0.684. The minimum atomic E-state index is 0.767. The predicted molar refractivity (Wildman–Crippen MR) is 94.2 cm³/mol. The molecule has 2 heteroatoms. The van der Waals surface area contributed by atoms with Crippen LogP contribution in [0.15, 0.2) is 24.3 Å². The fourth-order valence-corrected chi connectivity index (χ4v) is 3.63. The van der Waals surface area contributed by atoms with Gasteiger partial charge in [0.05, 0.1) is 6.61 Å². The number of hydrogen-bond donors (Lipinski definition) is 0. The third kappa shape index (κ3) is 6.02. The van der Waals surface area contributed by atoms with Gasteiger partial charge in [-0.15, -0.1) is 0 Å². The average molecular weight is 353 g/mol. The molecule has 0 aliphatic heterocycles. The lowest BCUT2D eigenvalue weighted by Crippen LogP contribution is -2.20. The molecule has 0 radical (unpaired) electrons. The monoisotopic (exact) mass is 352 g/mol. The lowest BCUT2D eigenvalue weighted by molar-refractivity contribution is 0.177. The van der Waals surface area contributed by atoms with Crippen LogP contribution >= 0.6 is 15.9 Å². The smallest absolute Gasteiger partial charge is 0.119 e. The van der Waals surface area contributed by atoms with E-state index in [1.165, 1.54) is 56.9 Å². The van der Waals surface area contributed by atoms with Crippen molar-refractivity contribution in [3.63, 3.8) is 0 Å². The topological polar surface area (TPSA) is 9.23 Å². The third-order valence-corrected chi connectivity index (χ3v) is 5.39. The molecule has 0 spiro atoms. The van der Waals surface area contributed by atoms with E-state index in [9.17, 15) is 0 Å². The van der Waals surface area contributed by atoms with Crippen molar-refractivity contribution in [1.29, 1.82) is 0 Å². The van der Waals surface area contributed by atoms with Crippen LogP contribution in [0.1, 0.15) is 63.9 Å². The number of hydrogen-bond acceptors (Lipinski definition) is 1. The standard InChI is InChI=1S/C19H29BrO/c1-2-3-4-5-16-6-8-18(9-7-16)15-21-19-12-10-17(14-20)11-13-19/h10-13,16,18H,2-9,14-15H2,1H3/t16-,18-. The Kier molecular flexibility index (Phi) is 7.63. The molecule has 1 nitrogen and oxygen atoms in total. The molecular formula is C19H29BrO. The normalized spacial score (nSPS) is 22.2. The first-order valence-corrected chi connectivity index (χ1v) is 9.71. The summed E-state index contributed by atoms with van der Waals surface area (Å²) in [6.07, 6.45) is 11.2. The summed E-state index contributed by atoms with van der Waals surface area (Å²) < 4.78 is 5.96. The first-order chi connectivity index (χ1) is 10.3. The molecule has 1 saturated carbocycles. The highest BCUT2D eigenvalue weighted by atomic mass is 79.9. The van der Waals surface area contributed by atoms with Crippen LogP contribution in [-0.4, -0.2) is 6.61 Å². The summed E-state index contributed by atoms with van der Waals surface area (Å²) in [6, 6.07) is 8.45. The van der Waals surface area contributed by atoms with Gasteiger partial charge in [-0.25, -0.2) is 0 Å². The highest BCUT2D eigenvalue weighted by Crippen LogP contribution is 2.32. The van der Waals surface area contributed by atoms with Gasteiger partial charge >= 0.3 is 0 Å². The van der Waals surface area contributed by atoms with Gasteiger partial charge in [0.1, 0.15) is 5.75 Å². The fourth-order valence-electron chi connectivity index (χ4n) is 3.26. The molecule has 0 bridgehead atoms. The maximum atomic E-state index is 5.96. The Hall–Kier alpha value is -0.500. The molecule has 118 valence electrons. The molecule has 0 saturated heterocycles. The number of ether oxygens (including phenoxy) is 1. The van der Waals surface area contributed by atoms with E-state index in [4.69, 9.17) is 4.74 Å². The van der Waals surface area contributed by atoms with Crippen molar-refractivity contribution in [1.82, 2.24) is 0 Å². The molecule has 0 amide bonds. The number of unbranched alkanes of at least 4 members (excludes halogenated alkanes) is 2. The van der Waals surface area contributed by atoms with Crippen molar-refractivity contribution in [3.05, 3.63) is 29.8 Å². The van der Waals surface area contributed by atoms with E-state index in [1.54, 1.807) is 0 Å². The van der Waals surface area contributed by atoms with Gasteiger partial charge in [0.2, 0.25) is 0 Å². The van der Waals surface area contributed by atoms with Gasteiger partial charge in [-0.1, -0.05) is 73.5 Å². The summed E-state index contributed by atoms with van der Waals surface area (Å²) in [7, 11) is 0. The molecule has 0 unspecified atom stereocenters. The number of benzene rings is 1. The summed E-state index contributed by atoms with van der Waals surface area (Å²) in [4.78, 5) is 0. The van der Waals surface area contributed by atoms with Crippen molar-refractivity contribution in [3.8, 4) is 5.75 Å². The molecule has 0 N–H and O–H groups in total. The van der Waals surface area contributed by atoms with Gasteiger partial charge in [-0.2, -0.15) is 0 Å². The Morgan fingerprint density at radius 1 is 1.00 bits per heavy atom. The molecular weight excluding hydrogens is 324 g/mol. The van der Waals surface area contributed by atoms with Gasteiger partial charge in [0, 0.05) is 5.33 Å². The van der Waals surface area contributed by atoms with Crippen LogP contribution in [0.3, 0.4) is 0 Å². The van der Waals surface area contributed by atoms with E-state index < -0.39 is 0 Å². The summed E-state index contributed by atoms with van der Waals surface area (Å²) in [6.45, 7) is 3.19. The first kappa shape index (κ1) is 16.9. The van der Waals surface area contributed by atoms with Crippen LogP contribution in [-0.2, 0) is 5.33 Å². The second-order valence-electron chi connectivity index (χ2n) is 6.47. The van der Waals surface area contributed by atoms with E-state index in [0.717, 1.165) is 29.5 Å². The van der Waals surface area contributed by atoms with Crippen molar-refractivity contribution in [2.24, 2.45) is 11.8 Å². The second kappa shape index (κ2) is 9.50. The minimum Gasteiger partial charge on any atom is -0.493 e. The van der Waals surface area contributed by atoms with Crippen molar-refractivity contribution >= 4 is 15.9 Å². The molecule has 1 aromatic rings. The summed E-state index contributed by atoms with van der Waals surface area (Å²) >= 11 is 3.47. The average Bonchev–Trinajstić information content (AvgIpc) is 2.55. The number of rotatable bonds is 8. The summed E-state index contributed by atoms with van der Waals surface area (Å²) in [5, 5.41) is 0.912. The highest BCUT2D eigenvalue weighted by Gasteiger charge is 2.21. The maximum Gasteiger partial charge on any atom is 0.119 e. The molecule has 1 fully saturated rings. The Bertz CT molecular complexity index is 379. The quantitative estimate of drug-likeness (QED) is 0.391. The minimum absolute atomic E-state index is 0.767. The van der Waals surface area contributed by atoms with Crippen LogP contribution in [0.5, 0.6) is 5.75 Å². The molecule has 0 aromatic heterocycles. The van der Waals surface area contributed by atoms with Gasteiger partial charge in [-0.3, -0.25) is 0 Å². The van der Waals surface area contributed by atoms with Crippen LogP contribution in [0.25, 0.3) is 0 Å². The molecule has 0 heterocycles. The van der Waals surface area contributed by atoms with E-state index in [0.29, 0.717) is 0 Å². The molecule has 1 aromatic carbocycles. The largest absolute Gasteiger partial charge is 0.493 e. The zero-order valence-corrected chi connectivity index (χ0v) is 14.9. The van der Waals surface area contributed by atoms with Crippen LogP contribution in [0, 0.1) is 11.8 Å². The molecule has 2 rings (SSSR count). The van der Waals surface area contributed by atoms with Crippen LogP contribution in [0.4, 0.5) is 0 Å². The second-order valence-corrected chi connectivity index (χ2v) is 7.03. The molecule has 1 aliphatic rings. The van der Waals surface area contributed by atoms with E-state index in [-0.39, 0.29) is 0 Å². The number of halogens is 1. The SMILES string of the molecule is CCCCC[C@H]1CC[C@H](COc2ccc(CBr)cc2)CC1. The zero-order chi connectivity index (χ0) is 14.9. The Labute approximate surface area is 138 Å². The van der Waals surface area contributed by atoms with Crippen molar-refractivity contribution < 1.29 is 4.74 Å². The molecule has 1 aliphatic carbocycles. The number of alkyl halides is 1. The zero-order valence-electron chi connectivity index (χ0n) is 13.3. The molecule has 21 heavy (non-hydrogen) atoms. The van der Waals surface area contributed by atoms with Crippen LogP contribution in [0.2, 0.25) is 0 Å². The summed E-state index contributed by atoms with van der Waals surface area (Å²) in [5.41, 5.74) is 1.30. The maximum absolute atomic E-state index is 5.96. The lowest BCUT2D eigenvalue weighted by Gasteiger charge is -2.28. The van der Waals surface area contributed by atoms with Crippen LogP contribution < -0.4 is 4.74 Å².